The number of amides is 1. The van der Waals surface area contributed by atoms with Crippen LogP contribution >= 0.6 is 0 Å². The molecule has 3 heterocycles. The fourth-order valence-corrected chi connectivity index (χ4v) is 2.89. The number of carbonyl (C=O) groups is 1. The summed E-state index contributed by atoms with van der Waals surface area (Å²) in [5.41, 5.74) is 0.613. The molecule has 2 N–H and O–H groups in total. The monoisotopic (exact) mass is 246 g/mol. The van der Waals surface area contributed by atoms with Gasteiger partial charge in [-0.25, -0.2) is 4.98 Å². The Morgan fingerprint density at radius 2 is 2.11 bits per heavy atom. The molecule has 0 saturated carbocycles. The summed E-state index contributed by atoms with van der Waals surface area (Å²) < 4.78 is 0. The highest BCUT2D eigenvalue weighted by Crippen LogP contribution is 2.29. The third kappa shape index (κ3) is 1.95. The van der Waals surface area contributed by atoms with E-state index in [2.05, 4.69) is 20.5 Å². The molecule has 2 aliphatic rings. The maximum Gasteiger partial charge on any atom is 0.252 e. The zero-order valence-corrected chi connectivity index (χ0v) is 10.5. The van der Waals surface area contributed by atoms with E-state index in [9.17, 15) is 4.79 Å². The zero-order valence-electron chi connectivity index (χ0n) is 10.5. The molecular weight excluding hydrogens is 228 g/mol. The second-order valence-electron chi connectivity index (χ2n) is 5.07. The lowest BCUT2D eigenvalue weighted by molar-refractivity contribution is 0.0963. The Labute approximate surface area is 107 Å². The Kier molecular flexibility index (Phi) is 2.91. The van der Waals surface area contributed by atoms with Gasteiger partial charge in [0.15, 0.2) is 0 Å². The van der Waals surface area contributed by atoms with E-state index >= 15 is 0 Å². The number of anilines is 1. The Morgan fingerprint density at radius 3 is 2.67 bits per heavy atom. The average Bonchev–Trinajstić information content (AvgIpc) is 2.99. The standard InChI is InChI=1S/C13H18N4O/c1-14-13(18)9-2-3-12(16-6-9)17-7-10-4-15-5-11(10)8-17/h2-3,6,10-11,15H,4-5,7-8H2,1H3,(H,14,18)/t10-,11+. The topological polar surface area (TPSA) is 57.3 Å². The van der Waals surface area contributed by atoms with Crippen LogP contribution in [-0.2, 0) is 0 Å². The van der Waals surface area contributed by atoms with Crippen molar-refractivity contribution in [3.8, 4) is 0 Å². The molecule has 0 aliphatic carbocycles. The molecule has 3 rings (SSSR count). The van der Waals surface area contributed by atoms with Gasteiger partial charge in [0.25, 0.3) is 5.91 Å². The van der Waals surface area contributed by atoms with Gasteiger partial charge in [0.05, 0.1) is 5.56 Å². The van der Waals surface area contributed by atoms with Crippen molar-refractivity contribution in [3.63, 3.8) is 0 Å². The van der Waals surface area contributed by atoms with Crippen molar-refractivity contribution in [2.24, 2.45) is 11.8 Å². The van der Waals surface area contributed by atoms with Crippen LogP contribution in [0, 0.1) is 11.8 Å². The Hall–Kier alpha value is -1.62. The first-order chi connectivity index (χ1) is 8.78. The van der Waals surface area contributed by atoms with Crippen molar-refractivity contribution in [3.05, 3.63) is 23.9 Å². The summed E-state index contributed by atoms with van der Waals surface area (Å²) in [6, 6.07) is 3.78. The number of hydrogen-bond donors (Lipinski definition) is 2. The van der Waals surface area contributed by atoms with Crippen molar-refractivity contribution < 1.29 is 4.79 Å². The van der Waals surface area contributed by atoms with Crippen LogP contribution in [0.15, 0.2) is 18.3 Å². The van der Waals surface area contributed by atoms with Gasteiger partial charge in [-0.2, -0.15) is 0 Å². The van der Waals surface area contributed by atoms with E-state index in [1.807, 2.05) is 12.1 Å². The summed E-state index contributed by atoms with van der Waals surface area (Å²) in [4.78, 5) is 18.2. The van der Waals surface area contributed by atoms with E-state index in [0.29, 0.717) is 5.56 Å². The van der Waals surface area contributed by atoms with E-state index in [1.165, 1.54) is 0 Å². The van der Waals surface area contributed by atoms with Crippen LogP contribution < -0.4 is 15.5 Å². The van der Waals surface area contributed by atoms with Crippen LogP contribution in [0.5, 0.6) is 0 Å². The maximum absolute atomic E-state index is 11.4. The van der Waals surface area contributed by atoms with Crippen LogP contribution in [0.25, 0.3) is 0 Å². The number of hydrogen-bond acceptors (Lipinski definition) is 4. The van der Waals surface area contributed by atoms with Gasteiger partial charge >= 0.3 is 0 Å². The summed E-state index contributed by atoms with van der Waals surface area (Å²) in [5.74, 6) is 2.41. The molecule has 0 unspecified atom stereocenters. The second kappa shape index (κ2) is 4.57. The summed E-state index contributed by atoms with van der Waals surface area (Å²) in [7, 11) is 1.63. The van der Waals surface area contributed by atoms with Crippen molar-refractivity contribution in [1.82, 2.24) is 15.6 Å². The van der Waals surface area contributed by atoms with Gasteiger partial charge in [0, 0.05) is 39.4 Å². The van der Waals surface area contributed by atoms with E-state index in [0.717, 1.165) is 43.8 Å². The molecule has 0 bridgehead atoms. The molecule has 2 aliphatic heterocycles. The number of nitrogens with zero attached hydrogens (tertiary/aromatic N) is 2. The highest BCUT2D eigenvalue weighted by atomic mass is 16.1. The minimum Gasteiger partial charge on any atom is -0.356 e. The first-order valence-corrected chi connectivity index (χ1v) is 6.41. The van der Waals surface area contributed by atoms with Gasteiger partial charge < -0.3 is 15.5 Å². The Morgan fingerprint density at radius 1 is 1.39 bits per heavy atom. The van der Waals surface area contributed by atoms with Crippen molar-refractivity contribution >= 4 is 11.7 Å². The third-order valence-corrected chi connectivity index (χ3v) is 3.95. The number of rotatable bonds is 2. The van der Waals surface area contributed by atoms with Gasteiger partial charge in [-0.3, -0.25) is 4.79 Å². The van der Waals surface area contributed by atoms with Gasteiger partial charge in [0.1, 0.15) is 5.82 Å². The first kappa shape index (κ1) is 11.5. The zero-order chi connectivity index (χ0) is 12.5. The summed E-state index contributed by atoms with van der Waals surface area (Å²) >= 11 is 0. The number of carbonyl (C=O) groups excluding carboxylic acids is 1. The van der Waals surface area contributed by atoms with Crippen molar-refractivity contribution in [1.29, 1.82) is 0 Å². The minimum atomic E-state index is -0.0865. The molecule has 0 aromatic carbocycles. The number of aromatic nitrogens is 1. The van der Waals surface area contributed by atoms with Crippen LogP contribution in [0.3, 0.4) is 0 Å². The molecule has 1 aromatic heterocycles. The SMILES string of the molecule is CNC(=O)c1ccc(N2C[C@H]3CNC[C@H]3C2)nc1. The van der Waals surface area contributed by atoms with Crippen molar-refractivity contribution in [2.45, 2.75) is 0 Å². The van der Waals surface area contributed by atoms with Crippen molar-refractivity contribution in [2.75, 3.05) is 38.1 Å². The molecular formula is C13H18N4O. The van der Waals surface area contributed by atoms with Gasteiger partial charge in [0.2, 0.25) is 0 Å². The van der Waals surface area contributed by atoms with E-state index in [-0.39, 0.29) is 5.91 Å². The van der Waals surface area contributed by atoms with Crippen LogP contribution in [0.2, 0.25) is 0 Å². The highest BCUT2D eigenvalue weighted by Gasteiger charge is 2.36. The van der Waals surface area contributed by atoms with Gasteiger partial charge in [-0.05, 0) is 24.0 Å². The lowest BCUT2D eigenvalue weighted by Crippen LogP contribution is -2.26. The predicted molar refractivity (Wildman–Crippen MR) is 69.7 cm³/mol. The van der Waals surface area contributed by atoms with Gasteiger partial charge in [-0.1, -0.05) is 0 Å². The molecule has 1 amide bonds. The molecule has 2 saturated heterocycles. The molecule has 1 aromatic rings. The van der Waals surface area contributed by atoms with E-state index < -0.39 is 0 Å². The molecule has 0 spiro atoms. The number of fused-ring (bicyclic) bond motifs is 1. The summed E-state index contributed by atoms with van der Waals surface area (Å²) in [5, 5.41) is 6.03. The lowest BCUT2D eigenvalue weighted by Gasteiger charge is -2.18. The molecule has 96 valence electrons. The third-order valence-electron chi connectivity index (χ3n) is 3.95. The number of pyridine rings is 1. The Bertz CT molecular complexity index is 433. The van der Waals surface area contributed by atoms with Crippen LogP contribution in [0.4, 0.5) is 5.82 Å². The predicted octanol–water partition coefficient (Wildman–Crippen LogP) is 0.0968. The summed E-state index contributed by atoms with van der Waals surface area (Å²) in [6.45, 7) is 4.39. The molecule has 18 heavy (non-hydrogen) atoms. The quantitative estimate of drug-likeness (QED) is 0.777. The normalized spacial score (nSPS) is 26.2. The van der Waals surface area contributed by atoms with E-state index in [4.69, 9.17) is 0 Å². The van der Waals surface area contributed by atoms with E-state index in [1.54, 1.807) is 13.2 Å². The fraction of sp³-hybridized carbons (Fsp3) is 0.538. The number of nitrogens with one attached hydrogen (secondary N) is 2. The second-order valence-corrected chi connectivity index (χ2v) is 5.07. The van der Waals surface area contributed by atoms with Crippen LogP contribution in [0.1, 0.15) is 10.4 Å². The molecule has 5 nitrogen and oxygen atoms in total. The Balaban J connectivity index is 1.72. The molecule has 5 heteroatoms. The van der Waals surface area contributed by atoms with Gasteiger partial charge in [-0.15, -0.1) is 0 Å². The minimum absolute atomic E-state index is 0.0865. The molecule has 2 atom stereocenters. The van der Waals surface area contributed by atoms with Crippen LogP contribution in [-0.4, -0.2) is 44.1 Å². The fourth-order valence-electron chi connectivity index (χ4n) is 2.89. The first-order valence-electron chi connectivity index (χ1n) is 6.41. The maximum atomic E-state index is 11.4. The largest absolute Gasteiger partial charge is 0.356 e. The average molecular weight is 246 g/mol. The molecule has 0 radical (unpaired) electrons. The lowest BCUT2D eigenvalue weighted by atomic mass is 10.0. The highest BCUT2D eigenvalue weighted by molar-refractivity contribution is 5.93. The smallest absolute Gasteiger partial charge is 0.252 e. The molecule has 2 fully saturated rings. The summed E-state index contributed by atoms with van der Waals surface area (Å²) in [6.07, 6.45) is 1.65.